The molecule has 0 bridgehead atoms. The summed E-state index contributed by atoms with van der Waals surface area (Å²) in [4.78, 5) is 18.4. The van der Waals surface area contributed by atoms with Crippen molar-refractivity contribution in [1.29, 1.82) is 0 Å². The van der Waals surface area contributed by atoms with Crippen molar-refractivity contribution in [2.75, 3.05) is 18.5 Å². The summed E-state index contributed by atoms with van der Waals surface area (Å²) in [7, 11) is 0. The van der Waals surface area contributed by atoms with Crippen LogP contribution in [0.1, 0.15) is 6.92 Å². The minimum atomic E-state index is -0.0214. The molecule has 0 radical (unpaired) electrons. The van der Waals surface area contributed by atoms with E-state index in [0.29, 0.717) is 36.0 Å². The summed E-state index contributed by atoms with van der Waals surface area (Å²) in [5.74, 6) is 1.77. The van der Waals surface area contributed by atoms with Gasteiger partial charge in [0.1, 0.15) is 5.82 Å². The highest BCUT2D eigenvalue weighted by molar-refractivity contribution is 5.87. The van der Waals surface area contributed by atoms with Gasteiger partial charge in [0.15, 0.2) is 17.0 Å². The number of nitrogens with zero attached hydrogens (tertiary/aromatic N) is 7. The molecule has 0 saturated heterocycles. The van der Waals surface area contributed by atoms with Crippen LogP contribution in [0.3, 0.4) is 0 Å². The molecule has 0 aliphatic carbocycles. The lowest BCUT2D eigenvalue weighted by Gasteiger charge is -2.08. The van der Waals surface area contributed by atoms with E-state index < -0.39 is 0 Å². The van der Waals surface area contributed by atoms with Gasteiger partial charge < -0.3 is 15.0 Å². The van der Waals surface area contributed by atoms with Crippen molar-refractivity contribution in [2.24, 2.45) is 0 Å². The summed E-state index contributed by atoms with van der Waals surface area (Å²) in [6.07, 6.45) is 5.33. The molecule has 0 unspecified atom stereocenters. The lowest BCUT2D eigenvalue weighted by molar-refractivity contribution is 0.311. The van der Waals surface area contributed by atoms with Gasteiger partial charge in [-0.1, -0.05) is 30.3 Å². The van der Waals surface area contributed by atoms with Gasteiger partial charge in [0.05, 0.1) is 12.3 Å². The molecule has 9 nitrogen and oxygen atoms in total. The number of hydrogen-bond acceptors (Lipinski definition) is 7. The van der Waals surface area contributed by atoms with E-state index >= 15 is 0 Å². The van der Waals surface area contributed by atoms with E-state index in [9.17, 15) is 5.11 Å². The summed E-state index contributed by atoms with van der Waals surface area (Å²) in [6, 6.07) is 15.7. The molecule has 2 N–H and O–H groups in total. The second kappa shape index (κ2) is 8.56. The van der Waals surface area contributed by atoms with Crippen molar-refractivity contribution in [3.63, 3.8) is 0 Å². The largest absolute Gasteiger partial charge is 0.395 e. The van der Waals surface area contributed by atoms with Crippen molar-refractivity contribution in [1.82, 2.24) is 34.3 Å². The Bertz CT molecular complexity index is 1340. The molecule has 9 heteroatoms. The molecular weight excluding hydrogens is 404 g/mol. The molecule has 0 atom stereocenters. The number of fused-ring (bicyclic) bond motifs is 1. The minimum absolute atomic E-state index is 0.0214. The SMILES string of the molecule is CCn1c(-c2ccncc2)nc2c(NCCO)nc(-n3ccc(-c4ccccc4)n3)nc21. The fraction of sp³-hybridized carbons (Fsp3) is 0.174. The normalized spacial score (nSPS) is 11.2. The molecule has 5 rings (SSSR count). The molecule has 160 valence electrons. The van der Waals surface area contributed by atoms with E-state index in [2.05, 4.69) is 27.3 Å². The highest BCUT2D eigenvalue weighted by atomic mass is 16.3. The van der Waals surface area contributed by atoms with Crippen LogP contribution in [-0.2, 0) is 6.54 Å². The molecule has 0 saturated carbocycles. The molecule has 0 aliphatic heterocycles. The van der Waals surface area contributed by atoms with Crippen molar-refractivity contribution < 1.29 is 5.11 Å². The van der Waals surface area contributed by atoms with Crippen molar-refractivity contribution in [2.45, 2.75) is 13.5 Å². The fourth-order valence-electron chi connectivity index (χ4n) is 3.61. The van der Waals surface area contributed by atoms with Gasteiger partial charge in [-0.2, -0.15) is 15.1 Å². The molecule has 1 aromatic carbocycles. The quantitative estimate of drug-likeness (QED) is 0.412. The van der Waals surface area contributed by atoms with Gasteiger partial charge in [-0.25, -0.2) is 9.67 Å². The fourth-order valence-corrected chi connectivity index (χ4v) is 3.61. The molecule has 0 aliphatic rings. The second-order valence-corrected chi connectivity index (χ2v) is 7.12. The second-order valence-electron chi connectivity index (χ2n) is 7.12. The van der Waals surface area contributed by atoms with Crippen molar-refractivity contribution >= 4 is 17.0 Å². The molecule has 0 spiro atoms. The van der Waals surface area contributed by atoms with Gasteiger partial charge >= 0.3 is 0 Å². The van der Waals surface area contributed by atoms with Gasteiger partial charge in [0.2, 0.25) is 0 Å². The number of aromatic nitrogens is 7. The van der Waals surface area contributed by atoms with Crippen molar-refractivity contribution in [3.8, 4) is 28.6 Å². The van der Waals surface area contributed by atoms with Crippen LogP contribution in [0.15, 0.2) is 67.1 Å². The van der Waals surface area contributed by atoms with Crippen LogP contribution in [0.5, 0.6) is 0 Å². The number of rotatable bonds is 7. The first-order valence-corrected chi connectivity index (χ1v) is 10.4. The first kappa shape index (κ1) is 19.8. The van der Waals surface area contributed by atoms with Gasteiger partial charge in [0.25, 0.3) is 5.95 Å². The molecule has 4 aromatic heterocycles. The van der Waals surface area contributed by atoms with Crippen LogP contribution in [0.25, 0.3) is 39.8 Å². The molecular formula is C23H22N8O. The average molecular weight is 426 g/mol. The molecule has 4 heterocycles. The first-order chi connectivity index (χ1) is 15.8. The number of nitrogens with one attached hydrogen (secondary N) is 1. The van der Waals surface area contributed by atoms with Crippen LogP contribution in [0.4, 0.5) is 5.82 Å². The zero-order valence-corrected chi connectivity index (χ0v) is 17.5. The lowest BCUT2D eigenvalue weighted by atomic mass is 10.2. The van der Waals surface area contributed by atoms with E-state index in [1.165, 1.54) is 0 Å². The zero-order chi connectivity index (χ0) is 21.9. The number of anilines is 1. The minimum Gasteiger partial charge on any atom is -0.395 e. The number of aliphatic hydroxyl groups is 1. The first-order valence-electron chi connectivity index (χ1n) is 10.4. The van der Waals surface area contributed by atoms with Crippen LogP contribution in [-0.4, -0.2) is 52.5 Å². The Morgan fingerprint density at radius 3 is 2.50 bits per heavy atom. The molecule has 0 fully saturated rings. The Morgan fingerprint density at radius 1 is 0.938 bits per heavy atom. The Hall–Kier alpha value is -4.11. The lowest BCUT2D eigenvalue weighted by Crippen LogP contribution is -2.11. The topological polar surface area (TPSA) is 107 Å². The van der Waals surface area contributed by atoms with Gasteiger partial charge in [0, 0.05) is 42.8 Å². The van der Waals surface area contributed by atoms with Gasteiger partial charge in [-0.05, 0) is 25.1 Å². The predicted octanol–water partition coefficient (Wildman–Crippen LogP) is 3.17. The Kier molecular flexibility index (Phi) is 5.30. The van der Waals surface area contributed by atoms with E-state index in [1.54, 1.807) is 17.1 Å². The number of aryl methyl sites for hydroxylation is 1. The number of benzene rings is 1. The van der Waals surface area contributed by atoms with Crippen LogP contribution in [0.2, 0.25) is 0 Å². The highest BCUT2D eigenvalue weighted by Gasteiger charge is 2.19. The van der Waals surface area contributed by atoms with Gasteiger partial charge in [-0.3, -0.25) is 4.98 Å². The summed E-state index contributed by atoms with van der Waals surface area (Å²) in [5.41, 5.74) is 4.14. The van der Waals surface area contributed by atoms with E-state index in [4.69, 9.17) is 9.97 Å². The maximum Gasteiger partial charge on any atom is 0.254 e. The molecule has 5 aromatic rings. The van der Waals surface area contributed by atoms with Gasteiger partial charge in [-0.15, -0.1) is 0 Å². The van der Waals surface area contributed by atoms with E-state index in [-0.39, 0.29) is 6.61 Å². The Labute approximate surface area is 184 Å². The summed E-state index contributed by atoms with van der Waals surface area (Å²) in [5, 5.41) is 17.2. The van der Waals surface area contributed by atoms with Crippen LogP contribution < -0.4 is 5.32 Å². The third-order valence-corrected chi connectivity index (χ3v) is 5.11. The average Bonchev–Trinajstić information content (AvgIpc) is 3.49. The van der Waals surface area contributed by atoms with Crippen LogP contribution >= 0.6 is 0 Å². The Morgan fingerprint density at radius 2 is 1.75 bits per heavy atom. The maximum atomic E-state index is 9.34. The number of aliphatic hydroxyl groups excluding tert-OH is 1. The number of pyridine rings is 1. The standard InChI is InChI=1S/C23H22N8O/c1-2-30-21(17-8-11-24-12-9-17)26-19-20(25-13-15-32)27-23(28-22(19)30)31-14-10-18(29-31)16-6-4-3-5-7-16/h3-12,14,32H,2,13,15H2,1H3,(H,25,27,28). The van der Waals surface area contributed by atoms with Crippen molar-refractivity contribution in [3.05, 3.63) is 67.1 Å². The maximum absolute atomic E-state index is 9.34. The smallest absolute Gasteiger partial charge is 0.254 e. The monoisotopic (exact) mass is 426 g/mol. The highest BCUT2D eigenvalue weighted by Crippen LogP contribution is 2.28. The molecule has 32 heavy (non-hydrogen) atoms. The predicted molar refractivity (Wildman–Crippen MR) is 122 cm³/mol. The molecule has 0 amide bonds. The summed E-state index contributed by atoms with van der Waals surface area (Å²) in [6.45, 7) is 3.06. The Balaban J connectivity index is 1.67. The number of imidazole rings is 1. The number of hydrogen-bond donors (Lipinski definition) is 2. The van der Waals surface area contributed by atoms with Crippen LogP contribution in [0, 0.1) is 0 Å². The third kappa shape index (κ3) is 3.58. The third-order valence-electron chi connectivity index (χ3n) is 5.11. The summed E-state index contributed by atoms with van der Waals surface area (Å²) >= 11 is 0. The zero-order valence-electron chi connectivity index (χ0n) is 17.5. The van der Waals surface area contributed by atoms with E-state index in [1.807, 2.05) is 59.3 Å². The summed E-state index contributed by atoms with van der Waals surface area (Å²) < 4.78 is 3.70. The van der Waals surface area contributed by atoms with E-state index in [0.717, 1.165) is 22.6 Å².